The molecule has 0 radical (unpaired) electrons. The lowest BCUT2D eigenvalue weighted by atomic mass is 10.2. The van der Waals surface area contributed by atoms with Crippen molar-refractivity contribution in [2.24, 2.45) is 0 Å². The third-order valence-corrected chi connectivity index (χ3v) is 3.20. The second kappa shape index (κ2) is 6.26. The zero-order valence-corrected chi connectivity index (χ0v) is 12.7. The lowest BCUT2D eigenvalue weighted by Crippen LogP contribution is -2.47. The highest BCUT2D eigenvalue weighted by Crippen LogP contribution is 2.25. The van der Waals surface area contributed by atoms with Gasteiger partial charge in [-0.25, -0.2) is 4.79 Å². The molecule has 0 saturated heterocycles. The molecule has 1 fully saturated rings. The molecule has 0 unspecified atom stereocenters. The fourth-order valence-electron chi connectivity index (χ4n) is 2.17. The summed E-state index contributed by atoms with van der Waals surface area (Å²) in [6.07, 6.45) is 3.76. The predicted octanol–water partition coefficient (Wildman–Crippen LogP) is 2.25. The predicted molar refractivity (Wildman–Crippen MR) is 73.9 cm³/mol. The van der Waals surface area contributed by atoms with Crippen LogP contribution in [-0.4, -0.2) is 54.1 Å². The van der Waals surface area contributed by atoms with Crippen LogP contribution in [0.3, 0.4) is 0 Å². The van der Waals surface area contributed by atoms with E-state index in [0.717, 1.165) is 25.7 Å². The van der Waals surface area contributed by atoms with Crippen LogP contribution in [-0.2, 0) is 9.53 Å². The summed E-state index contributed by atoms with van der Waals surface area (Å²) in [4.78, 5) is 27.2. The highest BCUT2D eigenvalue weighted by atomic mass is 16.6. The molecular weight excluding hydrogens is 244 g/mol. The van der Waals surface area contributed by atoms with Gasteiger partial charge in [0.25, 0.3) is 0 Å². The molecule has 1 aliphatic carbocycles. The van der Waals surface area contributed by atoms with Gasteiger partial charge in [0.1, 0.15) is 12.1 Å². The number of ether oxygens (including phenoxy) is 1. The van der Waals surface area contributed by atoms with Gasteiger partial charge in [0, 0.05) is 20.1 Å². The quantitative estimate of drug-likeness (QED) is 0.790. The van der Waals surface area contributed by atoms with E-state index in [-0.39, 0.29) is 24.6 Å². The number of carbonyl (C=O) groups is 2. The summed E-state index contributed by atoms with van der Waals surface area (Å²) in [5.74, 6) is -0.0715. The van der Waals surface area contributed by atoms with Crippen LogP contribution in [0, 0.1) is 0 Å². The van der Waals surface area contributed by atoms with E-state index in [4.69, 9.17) is 4.74 Å². The van der Waals surface area contributed by atoms with Crippen molar-refractivity contribution in [1.29, 1.82) is 0 Å². The normalized spacial score (nSPS) is 16.3. The fraction of sp³-hybridized carbons (Fsp3) is 0.857. The second-order valence-electron chi connectivity index (χ2n) is 6.33. The Labute approximate surface area is 115 Å². The summed E-state index contributed by atoms with van der Waals surface area (Å²) in [7, 11) is 3.40. The molecule has 19 heavy (non-hydrogen) atoms. The molecule has 5 nitrogen and oxygen atoms in total. The molecule has 110 valence electrons. The van der Waals surface area contributed by atoms with Crippen LogP contribution in [0.15, 0.2) is 0 Å². The van der Waals surface area contributed by atoms with E-state index in [1.54, 1.807) is 19.0 Å². The van der Waals surface area contributed by atoms with Crippen LogP contribution in [0.1, 0.15) is 46.5 Å². The molecule has 0 aromatic heterocycles. The Balaban J connectivity index is 2.74. The lowest BCUT2D eigenvalue weighted by Gasteiger charge is -2.31. The van der Waals surface area contributed by atoms with Crippen molar-refractivity contribution in [3.05, 3.63) is 0 Å². The smallest absolute Gasteiger partial charge is 0.411 e. The van der Waals surface area contributed by atoms with Crippen LogP contribution >= 0.6 is 0 Å². The van der Waals surface area contributed by atoms with Gasteiger partial charge in [0.15, 0.2) is 0 Å². The van der Waals surface area contributed by atoms with Gasteiger partial charge < -0.3 is 9.64 Å². The minimum absolute atomic E-state index is 0.0715. The molecule has 5 heteroatoms. The number of carbonyl (C=O) groups excluding carboxylic acids is 2. The molecule has 0 atom stereocenters. The van der Waals surface area contributed by atoms with E-state index in [1.165, 1.54) is 4.90 Å². The largest absolute Gasteiger partial charge is 0.444 e. The Kier molecular flexibility index (Phi) is 5.20. The van der Waals surface area contributed by atoms with E-state index < -0.39 is 5.60 Å². The highest BCUT2D eigenvalue weighted by molar-refractivity contribution is 5.82. The first kappa shape index (κ1) is 15.8. The third-order valence-electron chi connectivity index (χ3n) is 3.20. The standard InChI is InChI=1S/C14H26N2O3/c1-14(2,3)19-13(18)16(10-12(17)15(4)5)11-8-6-7-9-11/h11H,6-10H2,1-5H3. The number of hydrogen-bond acceptors (Lipinski definition) is 3. The van der Waals surface area contributed by atoms with Crippen LogP contribution < -0.4 is 0 Å². The van der Waals surface area contributed by atoms with Gasteiger partial charge in [-0.05, 0) is 33.6 Å². The lowest BCUT2D eigenvalue weighted by molar-refractivity contribution is -0.130. The summed E-state index contributed by atoms with van der Waals surface area (Å²) < 4.78 is 5.41. The summed E-state index contributed by atoms with van der Waals surface area (Å²) in [6, 6.07) is 0.138. The van der Waals surface area contributed by atoms with E-state index in [9.17, 15) is 9.59 Å². The maximum absolute atomic E-state index is 12.2. The van der Waals surface area contributed by atoms with Crippen molar-refractivity contribution in [2.75, 3.05) is 20.6 Å². The van der Waals surface area contributed by atoms with E-state index >= 15 is 0 Å². The van der Waals surface area contributed by atoms with Gasteiger partial charge in [-0.1, -0.05) is 12.8 Å². The van der Waals surface area contributed by atoms with Crippen LogP contribution in [0.25, 0.3) is 0 Å². The van der Waals surface area contributed by atoms with Crippen molar-refractivity contribution >= 4 is 12.0 Å². The topological polar surface area (TPSA) is 49.9 Å². The molecule has 0 aliphatic heterocycles. The Bertz CT molecular complexity index is 328. The molecular formula is C14H26N2O3. The number of amides is 2. The van der Waals surface area contributed by atoms with Gasteiger partial charge in [-0.15, -0.1) is 0 Å². The Morgan fingerprint density at radius 3 is 2.11 bits per heavy atom. The summed E-state index contributed by atoms with van der Waals surface area (Å²) in [5, 5.41) is 0. The molecule has 1 saturated carbocycles. The fourth-order valence-corrected chi connectivity index (χ4v) is 2.17. The summed E-state index contributed by atoms with van der Waals surface area (Å²) >= 11 is 0. The summed E-state index contributed by atoms with van der Waals surface area (Å²) in [5.41, 5.74) is -0.533. The molecule has 0 bridgehead atoms. The highest BCUT2D eigenvalue weighted by Gasteiger charge is 2.31. The Morgan fingerprint density at radius 1 is 1.16 bits per heavy atom. The van der Waals surface area contributed by atoms with Crippen LogP contribution in [0.5, 0.6) is 0 Å². The number of likely N-dealkylation sites (N-methyl/N-ethyl adjacent to an activating group) is 1. The number of hydrogen-bond donors (Lipinski definition) is 0. The van der Waals surface area contributed by atoms with E-state index in [1.807, 2.05) is 20.8 Å². The monoisotopic (exact) mass is 270 g/mol. The maximum atomic E-state index is 12.2. The zero-order valence-electron chi connectivity index (χ0n) is 12.7. The second-order valence-corrected chi connectivity index (χ2v) is 6.33. The first-order valence-electron chi connectivity index (χ1n) is 6.90. The molecule has 2 amide bonds. The van der Waals surface area contributed by atoms with Crippen LogP contribution in [0.2, 0.25) is 0 Å². The molecule has 0 N–H and O–H groups in total. The minimum Gasteiger partial charge on any atom is -0.444 e. The van der Waals surface area contributed by atoms with Crippen molar-refractivity contribution in [3.63, 3.8) is 0 Å². The van der Waals surface area contributed by atoms with Gasteiger partial charge in [-0.2, -0.15) is 0 Å². The van der Waals surface area contributed by atoms with E-state index in [0.29, 0.717) is 0 Å². The number of nitrogens with zero attached hydrogens (tertiary/aromatic N) is 2. The molecule has 0 aromatic rings. The Hall–Kier alpha value is -1.26. The van der Waals surface area contributed by atoms with Crippen molar-refractivity contribution in [2.45, 2.75) is 58.1 Å². The van der Waals surface area contributed by atoms with Crippen molar-refractivity contribution in [3.8, 4) is 0 Å². The first-order chi connectivity index (χ1) is 8.70. The summed E-state index contributed by atoms with van der Waals surface area (Å²) in [6.45, 7) is 5.62. The number of rotatable bonds is 3. The molecule has 0 aromatic carbocycles. The van der Waals surface area contributed by atoms with Crippen LogP contribution in [0.4, 0.5) is 4.79 Å². The van der Waals surface area contributed by atoms with E-state index in [2.05, 4.69) is 0 Å². The zero-order chi connectivity index (χ0) is 14.6. The molecule has 1 aliphatic rings. The molecule has 0 spiro atoms. The van der Waals surface area contributed by atoms with Gasteiger partial charge in [0.05, 0.1) is 0 Å². The average molecular weight is 270 g/mol. The van der Waals surface area contributed by atoms with Crippen molar-refractivity contribution in [1.82, 2.24) is 9.80 Å². The SMILES string of the molecule is CN(C)C(=O)CN(C(=O)OC(C)(C)C)C1CCCC1. The van der Waals surface area contributed by atoms with Gasteiger partial charge >= 0.3 is 6.09 Å². The first-order valence-corrected chi connectivity index (χ1v) is 6.90. The third kappa shape index (κ3) is 5.09. The maximum Gasteiger partial charge on any atom is 0.411 e. The Morgan fingerprint density at radius 2 is 1.68 bits per heavy atom. The minimum atomic E-state index is -0.533. The molecule has 0 heterocycles. The van der Waals surface area contributed by atoms with Crippen molar-refractivity contribution < 1.29 is 14.3 Å². The van der Waals surface area contributed by atoms with Gasteiger partial charge in [0.2, 0.25) is 5.91 Å². The molecule has 1 rings (SSSR count). The average Bonchev–Trinajstić information content (AvgIpc) is 2.75. The van der Waals surface area contributed by atoms with Gasteiger partial charge in [-0.3, -0.25) is 9.69 Å².